The van der Waals surface area contributed by atoms with Crippen molar-refractivity contribution in [2.45, 2.75) is 19.9 Å². The number of anilines is 2. The molecule has 0 bridgehead atoms. The standard InChI is InChI=1S/C19H24N2O5S/c1-13-6-8-15(9-7-13)21(27(5,23)24)14(2)19(22)20-17-12-16(25-3)10-11-18(17)26-4/h6-12,14H,1-5H3,(H,20,22)/t14-/m1/s1. The maximum Gasteiger partial charge on any atom is 0.248 e. The van der Waals surface area contributed by atoms with Crippen LogP contribution >= 0.6 is 0 Å². The Morgan fingerprint density at radius 1 is 1.07 bits per heavy atom. The first-order valence-electron chi connectivity index (χ1n) is 8.26. The first-order chi connectivity index (χ1) is 12.7. The minimum Gasteiger partial charge on any atom is -0.497 e. The molecule has 2 aromatic carbocycles. The van der Waals surface area contributed by atoms with Crippen LogP contribution in [0.15, 0.2) is 42.5 Å². The Kier molecular flexibility index (Phi) is 6.32. The highest BCUT2D eigenvalue weighted by atomic mass is 32.2. The highest BCUT2D eigenvalue weighted by Gasteiger charge is 2.29. The molecule has 2 rings (SSSR count). The van der Waals surface area contributed by atoms with Gasteiger partial charge in [-0.1, -0.05) is 17.7 Å². The van der Waals surface area contributed by atoms with Crippen molar-refractivity contribution in [2.75, 3.05) is 30.1 Å². The van der Waals surface area contributed by atoms with Gasteiger partial charge in [0.05, 0.1) is 31.9 Å². The van der Waals surface area contributed by atoms with E-state index in [2.05, 4.69) is 5.32 Å². The second-order valence-electron chi connectivity index (χ2n) is 6.13. The number of rotatable bonds is 7. The molecule has 1 amide bonds. The number of carbonyl (C=O) groups excluding carboxylic acids is 1. The molecule has 0 radical (unpaired) electrons. The van der Waals surface area contributed by atoms with E-state index in [1.54, 1.807) is 42.5 Å². The van der Waals surface area contributed by atoms with Crippen LogP contribution in [0.5, 0.6) is 11.5 Å². The number of methoxy groups -OCH3 is 2. The van der Waals surface area contributed by atoms with Gasteiger partial charge in [-0.15, -0.1) is 0 Å². The largest absolute Gasteiger partial charge is 0.497 e. The highest BCUT2D eigenvalue weighted by molar-refractivity contribution is 7.92. The van der Waals surface area contributed by atoms with Crippen LogP contribution in [-0.2, 0) is 14.8 Å². The lowest BCUT2D eigenvalue weighted by molar-refractivity contribution is -0.116. The summed E-state index contributed by atoms with van der Waals surface area (Å²) in [5.41, 5.74) is 1.81. The Labute approximate surface area is 160 Å². The molecule has 0 aliphatic carbocycles. The number of nitrogens with one attached hydrogen (secondary N) is 1. The first-order valence-corrected chi connectivity index (χ1v) is 10.1. The van der Waals surface area contributed by atoms with E-state index in [0.717, 1.165) is 16.1 Å². The number of benzene rings is 2. The highest BCUT2D eigenvalue weighted by Crippen LogP contribution is 2.30. The molecule has 1 N–H and O–H groups in total. The smallest absolute Gasteiger partial charge is 0.248 e. The van der Waals surface area contributed by atoms with Gasteiger partial charge in [0.15, 0.2) is 0 Å². The molecule has 0 fully saturated rings. The van der Waals surface area contributed by atoms with E-state index in [1.807, 2.05) is 6.92 Å². The van der Waals surface area contributed by atoms with Crippen LogP contribution in [0.25, 0.3) is 0 Å². The zero-order chi connectivity index (χ0) is 20.2. The SMILES string of the molecule is COc1ccc(OC)c(NC(=O)[C@@H](C)N(c2ccc(C)cc2)S(C)(=O)=O)c1. The van der Waals surface area contributed by atoms with Crippen molar-refractivity contribution in [2.24, 2.45) is 0 Å². The summed E-state index contributed by atoms with van der Waals surface area (Å²) in [6, 6.07) is 10.9. The molecular formula is C19H24N2O5S. The average Bonchev–Trinajstić information content (AvgIpc) is 2.62. The maximum atomic E-state index is 12.8. The second-order valence-corrected chi connectivity index (χ2v) is 7.99. The zero-order valence-electron chi connectivity index (χ0n) is 16.0. The van der Waals surface area contributed by atoms with Gasteiger partial charge < -0.3 is 14.8 Å². The Bertz CT molecular complexity index is 910. The summed E-state index contributed by atoms with van der Waals surface area (Å²) in [6.07, 6.45) is 1.07. The molecule has 0 aliphatic rings. The summed E-state index contributed by atoms with van der Waals surface area (Å²) < 4.78 is 36.2. The fraction of sp³-hybridized carbons (Fsp3) is 0.316. The van der Waals surface area contributed by atoms with Crippen LogP contribution in [0.4, 0.5) is 11.4 Å². The first kappa shape index (κ1) is 20.6. The van der Waals surface area contributed by atoms with E-state index in [-0.39, 0.29) is 0 Å². The molecule has 27 heavy (non-hydrogen) atoms. The Balaban J connectivity index is 2.34. The van der Waals surface area contributed by atoms with Crippen LogP contribution in [0.2, 0.25) is 0 Å². The van der Waals surface area contributed by atoms with E-state index in [0.29, 0.717) is 22.9 Å². The summed E-state index contributed by atoms with van der Waals surface area (Å²) in [5, 5.41) is 2.72. The molecular weight excluding hydrogens is 368 g/mol. The fourth-order valence-corrected chi connectivity index (χ4v) is 3.82. The van der Waals surface area contributed by atoms with Gasteiger partial charge in [-0.05, 0) is 38.1 Å². The molecule has 0 saturated heterocycles. The third kappa shape index (κ3) is 4.91. The van der Waals surface area contributed by atoms with Crippen molar-refractivity contribution in [3.05, 3.63) is 48.0 Å². The average molecular weight is 392 g/mol. The van der Waals surface area contributed by atoms with E-state index in [1.165, 1.54) is 21.1 Å². The van der Waals surface area contributed by atoms with E-state index in [4.69, 9.17) is 9.47 Å². The van der Waals surface area contributed by atoms with Crippen molar-refractivity contribution in [1.29, 1.82) is 0 Å². The van der Waals surface area contributed by atoms with Gasteiger partial charge in [-0.3, -0.25) is 9.10 Å². The number of nitrogens with zero attached hydrogens (tertiary/aromatic N) is 1. The third-order valence-electron chi connectivity index (χ3n) is 4.04. The molecule has 0 unspecified atom stereocenters. The third-order valence-corrected chi connectivity index (χ3v) is 5.28. The molecule has 0 aromatic heterocycles. The monoisotopic (exact) mass is 392 g/mol. The minimum absolute atomic E-state index is 0.394. The molecule has 0 heterocycles. The van der Waals surface area contributed by atoms with Gasteiger partial charge in [0.1, 0.15) is 17.5 Å². The Morgan fingerprint density at radius 3 is 2.22 bits per heavy atom. The Hall–Kier alpha value is -2.74. The number of sulfonamides is 1. The predicted molar refractivity (Wildman–Crippen MR) is 106 cm³/mol. The van der Waals surface area contributed by atoms with E-state index < -0.39 is 22.0 Å². The molecule has 146 valence electrons. The summed E-state index contributed by atoms with van der Waals surface area (Å²) in [5.74, 6) is 0.488. The van der Waals surface area contributed by atoms with E-state index >= 15 is 0 Å². The maximum absolute atomic E-state index is 12.8. The lowest BCUT2D eigenvalue weighted by atomic mass is 10.2. The summed E-state index contributed by atoms with van der Waals surface area (Å²) in [7, 11) is -0.684. The molecule has 0 aliphatic heterocycles. The molecule has 1 atom stereocenters. The summed E-state index contributed by atoms with van der Waals surface area (Å²) in [4.78, 5) is 12.8. The number of amides is 1. The molecule has 7 nitrogen and oxygen atoms in total. The Morgan fingerprint density at radius 2 is 1.70 bits per heavy atom. The molecule has 2 aromatic rings. The zero-order valence-corrected chi connectivity index (χ0v) is 16.8. The van der Waals surface area contributed by atoms with Crippen LogP contribution in [0.3, 0.4) is 0 Å². The van der Waals surface area contributed by atoms with Crippen LogP contribution in [0.1, 0.15) is 12.5 Å². The van der Waals surface area contributed by atoms with Gasteiger partial charge in [0.25, 0.3) is 0 Å². The number of ether oxygens (including phenoxy) is 2. The van der Waals surface area contributed by atoms with Gasteiger partial charge >= 0.3 is 0 Å². The molecule has 0 spiro atoms. The lowest BCUT2D eigenvalue weighted by Crippen LogP contribution is -2.45. The quantitative estimate of drug-likeness (QED) is 0.783. The number of hydrogen-bond donors (Lipinski definition) is 1. The fourth-order valence-electron chi connectivity index (χ4n) is 2.65. The van der Waals surface area contributed by atoms with E-state index in [9.17, 15) is 13.2 Å². The summed E-state index contributed by atoms with van der Waals surface area (Å²) >= 11 is 0. The van der Waals surface area contributed by atoms with Crippen molar-refractivity contribution in [3.8, 4) is 11.5 Å². The minimum atomic E-state index is -3.68. The van der Waals surface area contributed by atoms with Crippen molar-refractivity contribution in [1.82, 2.24) is 0 Å². The summed E-state index contributed by atoms with van der Waals surface area (Å²) in [6.45, 7) is 3.43. The number of carbonyl (C=O) groups is 1. The van der Waals surface area contributed by atoms with Gasteiger partial charge in [0, 0.05) is 6.07 Å². The van der Waals surface area contributed by atoms with Crippen LogP contribution in [0, 0.1) is 6.92 Å². The molecule has 8 heteroatoms. The number of hydrogen-bond acceptors (Lipinski definition) is 5. The van der Waals surface area contributed by atoms with Crippen molar-refractivity contribution >= 4 is 27.3 Å². The van der Waals surface area contributed by atoms with Crippen molar-refractivity contribution in [3.63, 3.8) is 0 Å². The second kappa shape index (κ2) is 8.30. The molecule has 0 saturated carbocycles. The van der Waals surface area contributed by atoms with Gasteiger partial charge in [-0.25, -0.2) is 8.42 Å². The number of aryl methyl sites for hydroxylation is 1. The van der Waals surface area contributed by atoms with Crippen LogP contribution in [-0.4, -0.2) is 40.8 Å². The van der Waals surface area contributed by atoms with Gasteiger partial charge in [0.2, 0.25) is 15.9 Å². The normalized spacial score (nSPS) is 12.2. The van der Waals surface area contributed by atoms with Crippen LogP contribution < -0.4 is 19.1 Å². The topological polar surface area (TPSA) is 84.9 Å². The van der Waals surface area contributed by atoms with Crippen molar-refractivity contribution < 1.29 is 22.7 Å². The predicted octanol–water partition coefficient (Wildman–Crippen LogP) is 2.81. The lowest BCUT2D eigenvalue weighted by Gasteiger charge is -2.28. The van der Waals surface area contributed by atoms with Gasteiger partial charge in [-0.2, -0.15) is 0 Å².